The number of aryl methyl sites for hydroxylation is 1. The lowest BCUT2D eigenvalue weighted by Crippen LogP contribution is -2.32. The number of aliphatic hydroxyl groups is 1. The molecule has 1 heterocycles. The molecule has 4 nitrogen and oxygen atoms in total. The Morgan fingerprint density at radius 1 is 1.65 bits per heavy atom. The second kappa shape index (κ2) is 4.69. The predicted molar refractivity (Wildman–Crippen MR) is 66.0 cm³/mol. The van der Waals surface area contributed by atoms with Crippen LogP contribution < -0.4 is 4.74 Å². The Labute approximate surface area is 103 Å². The molecule has 0 saturated heterocycles. The summed E-state index contributed by atoms with van der Waals surface area (Å²) in [6, 6.07) is 0. The maximum Gasteiger partial charge on any atom is 0.162 e. The van der Waals surface area contributed by atoms with Gasteiger partial charge in [0, 0.05) is 6.54 Å². The summed E-state index contributed by atoms with van der Waals surface area (Å²) in [5.41, 5.74) is 0.101. The van der Waals surface area contributed by atoms with Gasteiger partial charge in [0.05, 0.1) is 13.3 Å². The maximum atomic E-state index is 10.9. The summed E-state index contributed by atoms with van der Waals surface area (Å²) in [5, 5.41) is 15.2. The highest BCUT2D eigenvalue weighted by atomic mass is 16.5. The first-order chi connectivity index (χ1) is 8.13. The van der Waals surface area contributed by atoms with Gasteiger partial charge in [-0.2, -0.15) is 5.10 Å². The van der Waals surface area contributed by atoms with Gasteiger partial charge in [-0.1, -0.05) is 13.8 Å². The highest BCUT2D eigenvalue weighted by Crippen LogP contribution is 2.46. The van der Waals surface area contributed by atoms with Crippen molar-refractivity contribution in [1.82, 2.24) is 9.78 Å². The smallest absolute Gasteiger partial charge is 0.162 e. The van der Waals surface area contributed by atoms with Gasteiger partial charge in [-0.3, -0.25) is 4.68 Å². The average Bonchev–Trinajstić information content (AvgIpc) is 2.85. The monoisotopic (exact) mass is 238 g/mol. The van der Waals surface area contributed by atoms with Crippen molar-refractivity contribution in [2.75, 3.05) is 7.11 Å². The normalized spacial score (nSPS) is 28.6. The second-order valence-corrected chi connectivity index (χ2v) is 5.00. The highest BCUT2D eigenvalue weighted by Gasteiger charge is 2.44. The lowest BCUT2D eigenvalue weighted by atomic mass is 9.88. The van der Waals surface area contributed by atoms with E-state index in [1.807, 2.05) is 4.68 Å². The topological polar surface area (TPSA) is 47.3 Å². The Kier molecular flexibility index (Phi) is 3.43. The number of ether oxygens (including phenoxy) is 1. The number of hydrogen-bond donors (Lipinski definition) is 1. The van der Waals surface area contributed by atoms with Crippen LogP contribution in [-0.4, -0.2) is 22.0 Å². The van der Waals surface area contributed by atoms with Crippen LogP contribution in [0.25, 0.3) is 0 Å². The lowest BCUT2D eigenvalue weighted by molar-refractivity contribution is -0.00619. The molecule has 0 radical (unpaired) electrons. The van der Waals surface area contributed by atoms with Gasteiger partial charge in [-0.15, -0.1) is 0 Å². The largest absolute Gasteiger partial charge is 0.493 e. The van der Waals surface area contributed by atoms with Crippen molar-refractivity contribution in [1.29, 1.82) is 0 Å². The van der Waals surface area contributed by atoms with Crippen molar-refractivity contribution in [2.45, 2.75) is 51.7 Å². The molecule has 1 saturated carbocycles. The predicted octanol–water partition coefficient (Wildman–Crippen LogP) is 2.31. The van der Waals surface area contributed by atoms with Gasteiger partial charge in [-0.25, -0.2) is 0 Å². The molecule has 0 aliphatic heterocycles. The van der Waals surface area contributed by atoms with Crippen molar-refractivity contribution in [2.24, 2.45) is 5.92 Å². The molecule has 2 unspecified atom stereocenters. The average molecular weight is 238 g/mol. The van der Waals surface area contributed by atoms with Crippen LogP contribution in [0.1, 0.15) is 45.2 Å². The van der Waals surface area contributed by atoms with Crippen molar-refractivity contribution in [3.63, 3.8) is 0 Å². The van der Waals surface area contributed by atoms with Crippen LogP contribution in [0.3, 0.4) is 0 Å². The molecule has 1 N–H and O–H groups in total. The Morgan fingerprint density at radius 3 is 2.94 bits per heavy atom. The van der Waals surface area contributed by atoms with E-state index in [9.17, 15) is 5.11 Å². The van der Waals surface area contributed by atoms with Gasteiger partial charge in [0.25, 0.3) is 0 Å². The minimum absolute atomic E-state index is 0.267. The van der Waals surface area contributed by atoms with Crippen molar-refractivity contribution >= 4 is 0 Å². The molecule has 2 rings (SSSR count). The van der Waals surface area contributed by atoms with E-state index >= 15 is 0 Å². The summed E-state index contributed by atoms with van der Waals surface area (Å²) >= 11 is 0. The number of aromatic nitrogens is 2. The van der Waals surface area contributed by atoms with E-state index in [-0.39, 0.29) is 5.92 Å². The van der Waals surface area contributed by atoms with E-state index in [1.165, 1.54) is 0 Å². The third kappa shape index (κ3) is 1.95. The van der Waals surface area contributed by atoms with Crippen LogP contribution in [0.2, 0.25) is 0 Å². The van der Waals surface area contributed by atoms with Crippen molar-refractivity contribution < 1.29 is 9.84 Å². The Balaban J connectivity index is 2.44. The molecule has 4 heteroatoms. The van der Waals surface area contributed by atoms with E-state index < -0.39 is 5.60 Å². The molecule has 17 heavy (non-hydrogen) atoms. The van der Waals surface area contributed by atoms with E-state index in [2.05, 4.69) is 18.9 Å². The zero-order valence-corrected chi connectivity index (χ0v) is 10.9. The summed E-state index contributed by atoms with van der Waals surface area (Å²) in [5.74, 6) is 0.985. The molecule has 0 spiro atoms. The number of methoxy groups -OCH3 is 1. The quantitative estimate of drug-likeness (QED) is 0.875. The molecule has 1 aromatic heterocycles. The fourth-order valence-electron chi connectivity index (χ4n) is 2.85. The third-order valence-electron chi connectivity index (χ3n) is 3.88. The molecule has 0 bridgehead atoms. The molecule has 0 aromatic carbocycles. The van der Waals surface area contributed by atoms with Gasteiger partial charge in [0.1, 0.15) is 11.3 Å². The summed E-state index contributed by atoms with van der Waals surface area (Å²) in [4.78, 5) is 0. The van der Waals surface area contributed by atoms with Gasteiger partial charge in [0.15, 0.2) is 5.75 Å². The first-order valence-corrected chi connectivity index (χ1v) is 6.46. The minimum atomic E-state index is -0.767. The standard InChI is InChI=1S/C13H22N2O2/c1-4-8-15-12(11(17-3)9-14-15)13(16)7-5-6-10(13)2/h9-10,16H,4-8H2,1-3H3. The molecular formula is C13H22N2O2. The molecule has 1 aromatic rings. The van der Waals surface area contributed by atoms with Crippen LogP contribution in [0.15, 0.2) is 6.20 Å². The van der Waals surface area contributed by atoms with Crippen LogP contribution in [0.4, 0.5) is 0 Å². The number of nitrogens with zero attached hydrogens (tertiary/aromatic N) is 2. The first-order valence-electron chi connectivity index (χ1n) is 6.46. The van der Waals surface area contributed by atoms with Crippen LogP contribution >= 0.6 is 0 Å². The molecule has 1 fully saturated rings. The maximum absolute atomic E-state index is 10.9. The second-order valence-electron chi connectivity index (χ2n) is 5.00. The van der Waals surface area contributed by atoms with Crippen molar-refractivity contribution in [3.05, 3.63) is 11.9 Å². The summed E-state index contributed by atoms with van der Waals surface area (Å²) < 4.78 is 7.26. The summed E-state index contributed by atoms with van der Waals surface area (Å²) in [7, 11) is 1.64. The highest BCUT2D eigenvalue weighted by molar-refractivity contribution is 5.32. The molecular weight excluding hydrogens is 216 g/mol. The summed E-state index contributed by atoms with van der Waals surface area (Å²) in [6.45, 7) is 5.05. The molecule has 0 amide bonds. The van der Waals surface area contributed by atoms with Gasteiger partial charge < -0.3 is 9.84 Å². The molecule has 1 aliphatic rings. The number of rotatable bonds is 4. The van der Waals surface area contributed by atoms with Gasteiger partial charge >= 0.3 is 0 Å². The van der Waals surface area contributed by atoms with E-state index in [0.717, 1.165) is 43.7 Å². The third-order valence-corrected chi connectivity index (χ3v) is 3.88. The zero-order valence-electron chi connectivity index (χ0n) is 10.9. The Bertz CT molecular complexity index is 389. The minimum Gasteiger partial charge on any atom is -0.493 e. The molecule has 96 valence electrons. The van der Waals surface area contributed by atoms with Crippen LogP contribution in [0, 0.1) is 5.92 Å². The fourth-order valence-corrected chi connectivity index (χ4v) is 2.85. The summed E-state index contributed by atoms with van der Waals surface area (Å²) in [6.07, 6.45) is 5.66. The van der Waals surface area contributed by atoms with E-state index in [1.54, 1.807) is 13.3 Å². The first kappa shape index (κ1) is 12.4. The molecule has 2 atom stereocenters. The Hall–Kier alpha value is -1.03. The SMILES string of the molecule is CCCn1ncc(OC)c1C1(O)CCCC1C. The lowest BCUT2D eigenvalue weighted by Gasteiger charge is -2.29. The van der Waals surface area contributed by atoms with Gasteiger partial charge in [0.2, 0.25) is 0 Å². The molecule has 1 aliphatic carbocycles. The Morgan fingerprint density at radius 2 is 2.41 bits per heavy atom. The van der Waals surface area contributed by atoms with E-state index in [4.69, 9.17) is 4.74 Å². The zero-order chi connectivity index (χ0) is 12.5. The number of hydrogen-bond acceptors (Lipinski definition) is 3. The fraction of sp³-hybridized carbons (Fsp3) is 0.769. The van der Waals surface area contributed by atoms with E-state index in [0.29, 0.717) is 0 Å². The van der Waals surface area contributed by atoms with Gasteiger partial charge in [-0.05, 0) is 31.6 Å². The van der Waals surface area contributed by atoms with Crippen LogP contribution in [0.5, 0.6) is 5.75 Å². The van der Waals surface area contributed by atoms with Crippen molar-refractivity contribution in [3.8, 4) is 5.75 Å². The van der Waals surface area contributed by atoms with Crippen LogP contribution in [-0.2, 0) is 12.1 Å².